The summed E-state index contributed by atoms with van der Waals surface area (Å²) < 4.78 is 12.7. The van der Waals surface area contributed by atoms with Crippen molar-refractivity contribution in [3.05, 3.63) is 47.3 Å². The highest BCUT2D eigenvalue weighted by molar-refractivity contribution is 7.87. The molecule has 6 heteroatoms. The Morgan fingerprint density at radius 2 is 2.10 bits per heavy atom. The number of benzene rings is 1. The first-order chi connectivity index (χ1) is 10.2. The van der Waals surface area contributed by atoms with Crippen LogP contribution in [0.3, 0.4) is 0 Å². The first-order valence-electron chi connectivity index (χ1n) is 6.41. The molecule has 0 fully saturated rings. The molecule has 0 spiro atoms. The lowest BCUT2D eigenvalue weighted by Gasteiger charge is -2.06. The molecule has 21 heavy (non-hydrogen) atoms. The van der Waals surface area contributed by atoms with E-state index < -0.39 is 10.8 Å². The first kappa shape index (κ1) is 15.4. The second-order valence-electron chi connectivity index (χ2n) is 4.29. The minimum Gasteiger partial charge on any atom is -0.325 e. The average Bonchev–Trinajstić information content (AvgIpc) is 3.02. The lowest BCUT2D eigenvalue weighted by molar-refractivity contribution is -0.116. The Morgan fingerprint density at radius 3 is 2.81 bits per heavy atom. The standard InChI is InChI=1S/C15H14N2O2S2/c16-11-12-5-1-2-6-13(12)17-14(18)7-4-10-21(19)15-8-3-9-20-15/h1-3,5-6,8-9H,4,7,10H2,(H,17,18). The summed E-state index contributed by atoms with van der Waals surface area (Å²) in [5.41, 5.74) is 0.956. The monoisotopic (exact) mass is 318 g/mol. The number of para-hydroxylation sites is 1. The number of anilines is 1. The quantitative estimate of drug-likeness (QED) is 0.889. The lowest BCUT2D eigenvalue weighted by Crippen LogP contribution is -2.13. The summed E-state index contributed by atoms with van der Waals surface area (Å²) in [5, 5.41) is 13.5. The Kier molecular flexibility index (Phi) is 5.67. The van der Waals surface area contributed by atoms with Gasteiger partial charge >= 0.3 is 0 Å². The van der Waals surface area contributed by atoms with Crippen LogP contribution < -0.4 is 5.32 Å². The molecule has 0 aliphatic carbocycles. The fourth-order valence-electron chi connectivity index (χ4n) is 1.76. The Morgan fingerprint density at radius 1 is 1.29 bits per heavy atom. The topological polar surface area (TPSA) is 70.0 Å². The van der Waals surface area contributed by atoms with Gasteiger partial charge < -0.3 is 5.32 Å². The summed E-state index contributed by atoms with van der Waals surface area (Å²) in [6.45, 7) is 0. The number of carbonyl (C=O) groups is 1. The van der Waals surface area contributed by atoms with Gasteiger partial charge in [-0.2, -0.15) is 5.26 Å². The number of thiophene rings is 1. The summed E-state index contributed by atoms with van der Waals surface area (Å²) in [6, 6.07) is 12.6. The number of nitrogens with one attached hydrogen (secondary N) is 1. The fraction of sp³-hybridized carbons (Fsp3) is 0.200. The van der Waals surface area contributed by atoms with Crippen LogP contribution in [-0.2, 0) is 15.6 Å². The summed E-state index contributed by atoms with van der Waals surface area (Å²) in [5.74, 6) is 0.300. The van der Waals surface area contributed by atoms with Gasteiger partial charge in [-0.05, 0) is 30.0 Å². The molecule has 0 aliphatic rings. The van der Waals surface area contributed by atoms with Gasteiger partial charge in [-0.3, -0.25) is 9.00 Å². The van der Waals surface area contributed by atoms with Crippen LogP contribution in [-0.4, -0.2) is 15.9 Å². The first-order valence-corrected chi connectivity index (χ1v) is 8.61. The highest BCUT2D eigenvalue weighted by Gasteiger charge is 2.09. The zero-order valence-corrected chi connectivity index (χ0v) is 12.9. The highest BCUT2D eigenvalue weighted by Crippen LogP contribution is 2.16. The number of hydrogen-bond acceptors (Lipinski definition) is 4. The van der Waals surface area contributed by atoms with E-state index in [4.69, 9.17) is 5.26 Å². The molecule has 2 aromatic rings. The van der Waals surface area contributed by atoms with Crippen molar-refractivity contribution in [2.24, 2.45) is 0 Å². The maximum Gasteiger partial charge on any atom is 0.224 e. The molecule has 108 valence electrons. The van der Waals surface area contributed by atoms with E-state index in [0.717, 1.165) is 4.21 Å². The van der Waals surface area contributed by atoms with Crippen molar-refractivity contribution in [3.63, 3.8) is 0 Å². The maximum atomic E-state index is 11.9. The molecular formula is C15H14N2O2S2. The zero-order chi connectivity index (χ0) is 15.1. The van der Waals surface area contributed by atoms with Crippen molar-refractivity contribution in [1.29, 1.82) is 5.26 Å². The molecule has 1 atom stereocenters. The van der Waals surface area contributed by atoms with Crippen molar-refractivity contribution >= 4 is 33.7 Å². The van der Waals surface area contributed by atoms with Gasteiger partial charge in [0.25, 0.3) is 0 Å². The van der Waals surface area contributed by atoms with Crippen molar-refractivity contribution in [1.82, 2.24) is 0 Å². The molecular weight excluding hydrogens is 304 g/mol. The molecule has 1 heterocycles. The lowest BCUT2D eigenvalue weighted by atomic mass is 10.2. The van der Waals surface area contributed by atoms with Gasteiger partial charge in [0, 0.05) is 12.2 Å². The number of rotatable bonds is 6. The molecule has 1 N–H and O–H groups in total. The molecule has 0 radical (unpaired) electrons. The zero-order valence-electron chi connectivity index (χ0n) is 11.2. The number of carbonyl (C=O) groups excluding carboxylic acids is 1. The van der Waals surface area contributed by atoms with Crippen molar-refractivity contribution in [2.45, 2.75) is 17.1 Å². The SMILES string of the molecule is N#Cc1ccccc1NC(=O)CCCS(=O)c1cccs1. The fourth-order valence-corrected chi connectivity index (χ4v) is 3.89. The van der Waals surface area contributed by atoms with Crippen LogP contribution >= 0.6 is 11.3 Å². The number of hydrogen-bond donors (Lipinski definition) is 1. The molecule has 1 amide bonds. The van der Waals surface area contributed by atoms with Gasteiger partial charge in [-0.1, -0.05) is 18.2 Å². The van der Waals surface area contributed by atoms with Gasteiger partial charge in [-0.15, -0.1) is 11.3 Å². The third kappa shape index (κ3) is 4.52. The molecule has 0 saturated carbocycles. The third-order valence-electron chi connectivity index (χ3n) is 2.77. The van der Waals surface area contributed by atoms with Gasteiger partial charge in [0.15, 0.2) is 0 Å². The Bertz CT molecular complexity index is 675. The minimum absolute atomic E-state index is 0.166. The van der Waals surface area contributed by atoms with Crippen molar-refractivity contribution in [3.8, 4) is 6.07 Å². The molecule has 1 unspecified atom stereocenters. The van der Waals surface area contributed by atoms with Gasteiger partial charge in [-0.25, -0.2) is 0 Å². The predicted molar refractivity (Wildman–Crippen MR) is 84.6 cm³/mol. The van der Waals surface area contributed by atoms with E-state index in [-0.39, 0.29) is 12.3 Å². The molecule has 1 aromatic carbocycles. The number of nitriles is 1. The maximum absolute atomic E-state index is 11.9. The Labute approximate surface area is 129 Å². The summed E-state index contributed by atoms with van der Waals surface area (Å²) >= 11 is 1.46. The highest BCUT2D eigenvalue weighted by atomic mass is 32.2. The van der Waals surface area contributed by atoms with Crippen LogP contribution in [0.2, 0.25) is 0 Å². The van der Waals surface area contributed by atoms with Crippen LogP contribution in [0, 0.1) is 11.3 Å². The van der Waals surface area contributed by atoms with E-state index in [9.17, 15) is 9.00 Å². The predicted octanol–water partition coefficient (Wildman–Crippen LogP) is 3.15. The third-order valence-corrected chi connectivity index (χ3v) is 5.53. The van der Waals surface area contributed by atoms with Gasteiger partial charge in [0.2, 0.25) is 5.91 Å². The van der Waals surface area contributed by atoms with Crippen LogP contribution in [0.1, 0.15) is 18.4 Å². The molecule has 0 saturated heterocycles. The molecule has 0 aliphatic heterocycles. The molecule has 2 rings (SSSR count). The summed E-state index contributed by atoms with van der Waals surface area (Å²) in [4.78, 5) is 11.8. The molecule has 0 bridgehead atoms. The summed E-state index contributed by atoms with van der Waals surface area (Å²) in [7, 11) is -1.04. The van der Waals surface area contributed by atoms with E-state index in [1.165, 1.54) is 11.3 Å². The van der Waals surface area contributed by atoms with Gasteiger partial charge in [0.05, 0.1) is 26.3 Å². The number of amides is 1. The van der Waals surface area contributed by atoms with Crippen LogP contribution in [0.15, 0.2) is 46.0 Å². The average molecular weight is 318 g/mol. The molecule has 1 aromatic heterocycles. The van der Waals surface area contributed by atoms with Crippen LogP contribution in [0.5, 0.6) is 0 Å². The normalized spacial score (nSPS) is 11.6. The Balaban J connectivity index is 1.80. The second kappa shape index (κ2) is 7.72. The summed E-state index contributed by atoms with van der Waals surface area (Å²) in [6.07, 6.45) is 0.835. The smallest absolute Gasteiger partial charge is 0.224 e. The Hall–Kier alpha value is -1.97. The van der Waals surface area contributed by atoms with E-state index in [0.29, 0.717) is 23.4 Å². The van der Waals surface area contributed by atoms with Crippen molar-refractivity contribution < 1.29 is 9.00 Å². The van der Waals surface area contributed by atoms with Crippen molar-refractivity contribution in [2.75, 3.05) is 11.1 Å². The van der Waals surface area contributed by atoms with Crippen LogP contribution in [0.25, 0.3) is 0 Å². The number of nitrogens with zero attached hydrogens (tertiary/aromatic N) is 1. The largest absolute Gasteiger partial charge is 0.325 e. The minimum atomic E-state index is -1.04. The van der Waals surface area contributed by atoms with Gasteiger partial charge in [0.1, 0.15) is 6.07 Å². The second-order valence-corrected chi connectivity index (χ2v) is 7.04. The van der Waals surface area contributed by atoms with E-state index in [2.05, 4.69) is 5.32 Å². The van der Waals surface area contributed by atoms with E-state index in [1.807, 2.05) is 23.6 Å². The van der Waals surface area contributed by atoms with E-state index in [1.54, 1.807) is 24.3 Å². The molecule has 4 nitrogen and oxygen atoms in total. The van der Waals surface area contributed by atoms with E-state index >= 15 is 0 Å². The van der Waals surface area contributed by atoms with Crippen LogP contribution in [0.4, 0.5) is 5.69 Å².